The largest absolute Gasteiger partial charge is 0.465 e. The molecule has 1 N–H and O–H groups in total. The minimum atomic E-state index is -0.338. The van der Waals surface area contributed by atoms with Gasteiger partial charge >= 0.3 is 5.97 Å². The number of rotatable bonds is 5. The maximum absolute atomic E-state index is 11.7. The molecule has 2 aromatic rings. The standard InChI is InChI=1S/C18H22N2O3S/c1-12(21)15-6-7-20(9-15)10-16-11-24-17(19-16)13-4-3-5-14(8-13)18(22)23-2/h3-5,8,11-12,15,21H,6-7,9-10H2,1-2H3. The van der Waals surface area contributed by atoms with E-state index in [1.54, 1.807) is 17.4 Å². The molecule has 128 valence electrons. The number of aromatic nitrogens is 1. The maximum atomic E-state index is 11.7. The third-order valence-electron chi connectivity index (χ3n) is 4.46. The Labute approximate surface area is 145 Å². The van der Waals surface area contributed by atoms with Gasteiger partial charge in [0.15, 0.2) is 0 Å². The van der Waals surface area contributed by atoms with E-state index in [2.05, 4.69) is 10.3 Å². The SMILES string of the molecule is COC(=O)c1cccc(-c2nc(CN3CCC(C(C)O)C3)cs2)c1. The molecular formula is C18H22N2O3S. The average Bonchev–Trinajstić information content (AvgIpc) is 3.24. The van der Waals surface area contributed by atoms with E-state index in [-0.39, 0.29) is 12.1 Å². The first-order valence-corrected chi connectivity index (χ1v) is 8.98. The summed E-state index contributed by atoms with van der Waals surface area (Å²) in [6.07, 6.45) is 0.789. The van der Waals surface area contributed by atoms with E-state index in [0.717, 1.165) is 42.3 Å². The fourth-order valence-electron chi connectivity index (χ4n) is 3.04. The molecule has 3 rings (SSSR count). The normalized spacial score (nSPS) is 19.4. The topological polar surface area (TPSA) is 62.7 Å². The molecule has 1 aromatic carbocycles. The van der Waals surface area contributed by atoms with E-state index in [9.17, 15) is 9.90 Å². The summed E-state index contributed by atoms with van der Waals surface area (Å²) in [6, 6.07) is 7.35. The summed E-state index contributed by atoms with van der Waals surface area (Å²) in [5.41, 5.74) is 2.49. The predicted molar refractivity (Wildman–Crippen MR) is 94.0 cm³/mol. The van der Waals surface area contributed by atoms with Crippen LogP contribution >= 0.6 is 11.3 Å². The first-order chi connectivity index (χ1) is 11.6. The van der Waals surface area contributed by atoms with Crippen LogP contribution < -0.4 is 0 Å². The molecule has 0 amide bonds. The number of carbonyl (C=O) groups excluding carboxylic acids is 1. The van der Waals surface area contributed by atoms with Gasteiger partial charge in [-0.05, 0) is 37.9 Å². The second-order valence-corrected chi connectivity index (χ2v) is 7.10. The molecule has 0 aliphatic carbocycles. The fraction of sp³-hybridized carbons (Fsp3) is 0.444. The zero-order valence-electron chi connectivity index (χ0n) is 13.9. The van der Waals surface area contributed by atoms with Crippen molar-refractivity contribution in [3.63, 3.8) is 0 Å². The molecule has 1 aliphatic rings. The van der Waals surface area contributed by atoms with Gasteiger partial charge in [0.25, 0.3) is 0 Å². The van der Waals surface area contributed by atoms with E-state index in [4.69, 9.17) is 9.72 Å². The third-order valence-corrected chi connectivity index (χ3v) is 5.40. The molecule has 1 aliphatic heterocycles. The Morgan fingerprint density at radius 1 is 1.54 bits per heavy atom. The van der Waals surface area contributed by atoms with Crippen molar-refractivity contribution in [3.8, 4) is 10.6 Å². The van der Waals surface area contributed by atoms with Gasteiger partial charge in [-0.3, -0.25) is 4.90 Å². The predicted octanol–water partition coefficient (Wildman–Crippen LogP) is 2.80. The zero-order valence-corrected chi connectivity index (χ0v) is 14.8. The van der Waals surface area contributed by atoms with Gasteiger partial charge in [-0.25, -0.2) is 9.78 Å². The Morgan fingerprint density at radius 2 is 2.38 bits per heavy atom. The number of hydrogen-bond donors (Lipinski definition) is 1. The van der Waals surface area contributed by atoms with Crippen LogP contribution in [0.2, 0.25) is 0 Å². The van der Waals surface area contributed by atoms with E-state index in [0.29, 0.717) is 11.5 Å². The van der Waals surface area contributed by atoms with Gasteiger partial charge < -0.3 is 9.84 Å². The summed E-state index contributed by atoms with van der Waals surface area (Å²) < 4.78 is 4.77. The van der Waals surface area contributed by atoms with Crippen molar-refractivity contribution < 1.29 is 14.6 Å². The lowest BCUT2D eigenvalue weighted by Crippen LogP contribution is -2.24. The van der Waals surface area contributed by atoms with Crippen molar-refractivity contribution in [1.29, 1.82) is 0 Å². The number of aliphatic hydroxyl groups excluding tert-OH is 1. The highest BCUT2D eigenvalue weighted by Gasteiger charge is 2.26. The summed E-state index contributed by atoms with van der Waals surface area (Å²) in [5.74, 6) is 0.0229. The van der Waals surface area contributed by atoms with Crippen LogP contribution in [0.25, 0.3) is 10.6 Å². The highest BCUT2D eigenvalue weighted by Crippen LogP contribution is 2.27. The Kier molecular flexibility index (Phi) is 5.28. The molecule has 2 heterocycles. The number of ether oxygens (including phenoxy) is 1. The second kappa shape index (κ2) is 7.42. The van der Waals surface area contributed by atoms with Crippen LogP contribution in [0.15, 0.2) is 29.6 Å². The Morgan fingerprint density at radius 3 is 3.08 bits per heavy atom. The Balaban J connectivity index is 1.69. The van der Waals surface area contributed by atoms with Crippen LogP contribution in [0.3, 0.4) is 0 Å². The van der Waals surface area contributed by atoms with Gasteiger partial charge in [0.2, 0.25) is 0 Å². The molecule has 2 atom stereocenters. The van der Waals surface area contributed by atoms with Crippen LogP contribution in [-0.4, -0.2) is 47.3 Å². The molecule has 1 aromatic heterocycles. The third kappa shape index (κ3) is 3.83. The molecule has 6 heteroatoms. The number of methoxy groups -OCH3 is 1. The average molecular weight is 346 g/mol. The van der Waals surface area contributed by atoms with Gasteiger partial charge in [-0.2, -0.15) is 0 Å². The Hall–Kier alpha value is -1.76. The van der Waals surface area contributed by atoms with Crippen LogP contribution in [0, 0.1) is 5.92 Å². The summed E-state index contributed by atoms with van der Waals surface area (Å²) in [4.78, 5) is 18.7. The molecule has 24 heavy (non-hydrogen) atoms. The summed E-state index contributed by atoms with van der Waals surface area (Å²) in [7, 11) is 1.38. The van der Waals surface area contributed by atoms with Crippen molar-refractivity contribution in [2.24, 2.45) is 5.92 Å². The van der Waals surface area contributed by atoms with Crippen molar-refractivity contribution in [3.05, 3.63) is 40.9 Å². The van der Waals surface area contributed by atoms with Gasteiger partial charge in [0.1, 0.15) is 5.01 Å². The summed E-state index contributed by atoms with van der Waals surface area (Å²) in [6.45, 7) is 4.59. The first-order valence-electron chi connectivity index (χ1n) is 8.10. The second-order valence-electron chi connectivity index (χ2n) is 6.24. The number of esters is 1. The molecule has 1 saturated heterocycles. The monoisotopic (exact) mass is 346 g/mol. The number of likely N-dealkylation sites (tertiary alicyclic amines) is 1. The van der Waals surface area contributed by atoms with E-state index < -0.39 is 0 Å². The molecule has 0 radical (unpaired) electrons. The number of benzene rings is 1. The quantitative estimate of drug-likeness (QED) is 0.844. The number of hydrogen-bond acceptors (Lipinski definition) is 6. The van der Waals surface area contributed by atoms with Crippen LogP contribution in [-0.2, 0) is 11.3 Å². The van der Waals surface area contributed by atoms with Crippen molar-refractivity contribution >= 4 is 17.3 Å². The smallest absolute Gasteiger partial charge is 0.337 e. The maximum Gasteiger partial charge on any atom is 0.337 e. The van der Waals surface area contributed by atoms with Crippen LogP contribution in [0.5, 0.6) is 0 Å². The molecular weight excluding hydrogens is 324 g/mol. The first kappa shape index (κ1) is 17.1. The highest BCUT2D eigenvalue weighted by atomic mass is 32.1. The molecule has 1 fully saturated rings. The highest BCUT2D eigenvalue weighted by molar-refractivity contribution is 7.13. The lowest BCUT2D eigenvalue weighted by Gasteiger charge is -2.16. The van der Waals surface area contributed by atoms with Crippen LogP contribution in [0.4, 0.5) is 0 Å². The van der Waals surface area contributed by atoms with Gasteiger partial charge in [0.05, 0.1) is 24.5 Å². The Bertz CT molecular complexity index is 714. The lowest BCUT2D eigenvalue weighted by atomic mass is 10.0. The number of nitrogens with zero attached hydrogens (tertiary/aromatic N) is 2. The summed E-state index contributed by atoms with van der Waals surface area (Å²) in [5, 5.41) is 12.7. The fourth-order valence-corrected chi connectivity index (χ4v) is 3.85. The number of aliphatic hydroxyl groups is 1. The molecule has 0 bridgehead atoms. The molecule has 2 unspecified atom stereocenters. The van der Waals surface area contributed by atoms with E-state index in [1.807, 2.05) is 25.1 Å². The molecule has 0 spiro atoms. The minimum Gasteiger partial charge on any atom is -0.465 e. The van der Waals surface area contributed by atoms with Crippen LogP contribution in [0.1, 0.15) is 29.4 Å². The molecule has 0 saturated carbocycles. The molecule has 5 nitrogen and oxygen atoms in total. The van der Waals surface area contributed by atoms with Gasteiger partial charge in [-0.1, -0.05) is 12.1 Å². The van der Waals surface area contributed by atoms with Gasteiger partial charge in [-0.15, -0.1) is 11.3 Å². The van der Waals surface area contributed by atoms with E-state index in [1.165, 1.54) is 7.11 Å². The minimum absolute atomic E-state index is 0.248. The van der Waals surface area contributed by atoms with Crippen molar-refractivity contribution in [2.45, 2.75) is 26.0 Å². The number of carbonyl (C=O) groups is 1. The van der Waals surface area contributed by atoms with Crippen molar-refractivity contribution in [2.75, 3.05) is 20.2 Å². The zero-order chi connectivity index (χ0) is 17.1. The van der Waals surface area contributed by atoms with E-state index >= 15 is 0 Å². The summed E-state index contributed by atoms with van der Waals surface area (Å²) >= 11 is 1.58. The lowest BCUT2D eigenvalue weighted by molar-refractivity contribution is 0.0600. The van der Waals surface area contributed by atoms with Crippen molar-refractivity contribution in [1.82, 2.24) is 9.88 Å². The number of thiazole rings is 1. The van der Waals surface area contributed by atoms with Gasteiger partial charge in [0, 0.05) is 24.0 Å².